The summed E-state index contributed by atoms with van der Waals surface area (Å²) in [7, 11) is 0. The first-order valence-corrected chi connectivity index (χ1v) is 9.27. The molecule has 0 amide bonds. The molecular formula is C20H34S. The van der Waals surface area contributed by atoms with Crippen molar-refractivity contribution in [1.82, 2.24) is 0 Å². The molecule has 2 aromatic carbocycles. The highest BCUT2D eigenvalue weighted by atomic mass is 32.2. The summed E-state index contributed by atoms with van der Waals surface area (Å²) in [5.41, 5.74) is 2.64. The monoisotopic (exact) mass is 306 g/mol. The van der Waals surface area contributed by atoms with Gasteiger partial charge in [-0.3, -0.25) is 0 Å². The van der Waals surface area contributed by atoms with E-state index in [2.05, 4.69) is 38.1 Å². The molecule has 120 valence electrons. The van der Waals surface area contributed by atoms with E-state index in [4.69, 9.17) is 0 Å². The molecule has 0 spiro atoms. The third-order valence-electron chi connectivity index (χ3n) is 1.88. The van der Waals surface area contributed by atoms with Crippen LogP contribution in [0.25, 0.3) is 0 Å². The second-order valence-corrected chi connectivity index (χ2v) is 4.53. The molecule has 0 bridgehead atoms. The fourth-order valence-corrected chi connectivity index (χ4v) is 1.07. The number of hydrogen-bond donors (Lipinski definition) is 0. The van der Waals surface area contributed by atoms with Gasteiger partial charge in [0.05, 0.1) is 0 Å². The first-order chi connectivity index (χ1) is 10.2. The van der Waals surface area contributed by atoms with Gasteiger partial charge in [0.25, 0.3) is 0 Å². The number of benzene rings is 2. The van der Waals surface area contributed by atoms with E-state index in [0.717, 1.165) is 0 Å². The van der Waals surface area contributed by atoms with Crippen molar-refractivity contribution >= 4 is 11.8 Å². The second kappa shape index (κ2) is 23.9. The van der Waals surface area contributed by atoms with Gasteiger partial charge in [0.2, 0.25) is 0 Å². The molecule has 1 heteroatoms. The summed E-state index contributed by atoms with van der Waals surface area (Å²) in [5, 5.41) is 0. The minimum absolute atomic E-state index is 1.32. The van der Waals surface area contributed by atoms with E-state index in [1.165, 1.54) is 11.1 Å². The molecule has 0 aliphatic rings. The van der Waals surface area contributed by atoms with E-state index in [9.17, 15) is 0 Å². The molecule has 2 aromatic rings. The Kier molecular flexibility index (Phi) is 28.2. The van der Waals surface area contributed by atoms with Crippen LogP contribution in [-0.4, -0.2) is 12.5 Å². The number of hydrogen-bond acceptors (Lipinski definition) is 1. The summed E-state index contributed by atoms with van der Waals surface area (Å²) in [4.78, 5) is 0. The molecule has 0 heterocycles. The lowest BCUT2D eigenvalue weighted by molar-refractivity contribution is 1.48. The van der Waals surface area contributed by atoms with Crippen LogP contribution in [0.5, 0.6) is 0 Å². The van der Waals surface area contributed by atoms with Gasteiger partial charge in [0.15, 0.2) is 0 Å². The van der Waals surface area contributed by atoms with Crippen molar-refractivity contribution in [3.05, 3.63) is 71.8 Å². The zero-order chi connectivity index (χ0) is 16.9. The lowest BCUT2D eigenvalue weighted by Crippen LogP contribution is -1.62. The van der Waals surface area contributed by atoms with Crippen molar-refractivity contribution < 1.29 is 0 Å². The van der Waals surface area contributed by atoms with E-state index in [1.54, 1.807) is 11.8 Å². The molecule has 0 unspecified atom stereocenters. The first kappa shape index (κ1) is 24.8. The van der Waals surface area contributed by atoms with Crippen LogP contribution in [0.4, 0.5) is 0 Å². The van der Waals surface area contributed by atoms with Crippen molar-refractivity contribution in [2.75, 3.05) is 12.5 Å². The predicted octanol–water partition coefficient (Wildman–Crippen LogP) is 7.02. The zero-order valence-electron chi connectivity index (χ0n) is 15.2. The Labute approximate surface area is 138 Å². The van der Waals surface area contributed by atoms with Crippen LogP contribution in [0.2, 0.25) is 0 Å². The van der Waals surface area contributed by atoms with Gasteiger partial charge < -0.3 is 0 Å². The molecule has 0 saturated heterocycles. The van der Waals surface area contributed by atoms with E-state index >= 15 is 0 Å². The van der Waals surface area contributed by atoms with E-state index in [1.807, 2.05) is 76.6 Å². The smallest absolute Gasteiger partial charge is 0.0187 e. The van der Waals surface area contributed by atoms with Crippen molar-refractivity contribution in [1.29, 1.82) is 0 Å². The van der Waals surface area contributed by atoms with Gasteiger partial charge in [-0.15, -0.1) is 0 Å². The average Bonchev–Trinajstić information content (AvgIpc) is 2.54. The van der Waals surface area contributed by atoms with Crippen molar-refractivity contribution in [3.8, 4) is 0 Å². The predicted molar refractivity (Wildman–Crippen MR) is 104 cm³/mol. The Morgan fingerprint density at radius 3 is 0.810 bits per heavy atom. The van der Waals surface area contributed by atoms with Crippen LogP contribution in [0.15, 0.2) is 60.7 Å². The molecule has 0 radical (unpaired) electrons. The van der Waals surface area contributed by atoms with Crippen LogP contribution >= 0.6 is 11.8 Å². The highest BCUT2D eigenvalue weighted by Gasteiger charge is 1.72. The molecular weight excluding hydrogens is 272 g/mol. The zero-order valence-corrected chi connectivity index (χ0v) is 16.0. The van der Waals surface area contributed by atoms with E-state index in [0.29, 0.717) is 0 Å². The van der Waals surface area contributed by atoms with Crippen LogP contribution in [0.3, 0.4) is 0 Å². The van der Waals surface area contributed by atoms with Crippen molar-refractivity contribution in [2.45, 2.75) is 41.5 Å². The van der Waals surface area contributed by atoms with Gasteiger partial charge in [-0.1, -0.05) is 99.5 Å². The largest absolute Gasteiger partial charge is 0.169 e. The molecule has 0 aromatic heterocycles. The number of aryl methyl sites for hydroxylation is 2. The van der Waals surface area contributed by atoms with Gasteiger partial charge in [0, 0.05) is 0 Å². The molecule has 0 fully saturated rings. The summed E-state index contributed by atoms with van der Waals surface area (Å²) < 4.78 is 0. The maximum Gasteiger partial charge on any atom is -0.0187 e. The summed E-state index contributed by atoms with van der Waals surface area (Å²) in [5.74, 6) is 0. The fourth-order valence-electron chi connectivity index (χ4n) is 1.07. The topological polar surface area (TPSA) is 0 Å². The van der Waals surface area contributed by atoms with Gasteiger partial charge in [0.1, 0.15) is 0 Å². The number of thioether (sulfide) groups is 1. The van der Waals surface area contributed by atoms with E-state index in [-0.39, 0.29) is 0 Å². The average molecular weight is 307 g/mol. The summed E-state index contributed by atoms with van der Waals surface area (Å²) in [6, 6.07) is 20.5. The molecule has 0 N–H and O–H groups in total. The Morgan fingerprint density at radius 2 is 0.714 bits per heavy atom. The quantitative estimate of drug-likeness (QED) is 0.504. The highest BCUT2D eigenvalue weighted by Crippen LogP contribution is 1.92. The third kappa shape index (κ3) is 24.2. The van der Waals surface area contributed by atoms with Gasteiger partial charge >= 0.3 is 0 Å². The molecule has 0 atom stereocenters. The normalized spacial score (nSPS) is 7.24. The third-order valence-corrected chi connectivity index (χ3v) is 1.88. The van der Waals surface area contributed by atoms with Crippen LogP contribution in [0.1, 0.15) is 38.8 Å². The Morgan fingerprint density at radius 1 is 0.524 bits per heavy atom. The number of rotatable bonds is 0. The summed E-state index contributed by atoms with van der Waals surface area (Å²) >= 11 is 1.75. The Balaban J connectivity index is -0.000000219. The minimum Gasteiger partial charge on any atom is -0.169 e. The molecule has 0 aliphatic heterocycles. The second-order valence-electron chi connectivity index (χ2n) is 3.72. The van der Waals surface area contributed by atoms with Crippen LogP contribution in [0, 0.1) is 13.8 Å². The fraction of sp³-hybridized carbons (Fsp3) is 0.400. The summed E-state index contributed by atoms with van der Waals surface area (Å²) in [6.45, 7) is 12.2. The molecule has 0 saturated carbocycles. The maximum atomic E-state index is 2.08. The molecule has 0 nitrogen and oxygen atoms in total. The van der Waals surface area contributed by atoms with Crippen molar-refractivity contribution in [2.24, 2.45) is 0 Å². The van der Waals surface area contributed by atoms with Gasteiger partial charge in [-0.05, 0) is 26.4 Å². The Hall–Kier alpha value is -1.21. The maximum absolute atomic E-state index is 2.08. The Bertz CT molecular complexity index is 317. The lowest BCUT2D eigenvalue weighted by Gasteiger charge is -1.82. The van der Waals surface area contributed by atoms with Crippen LogP contribution in [-0.2, 0) is 0 Å². The van der Waals surface area contributed by atoms with Crippen LogP contribution < -0.4 is 0 Å². The molecule has 2 rings (SSSR count). The van der Waals surface area contributed by atoms with E-state index < -0.39 is 0 Å². The SMILES string of the molecule is CC.CC.CSC.Cc1ccccc1.Cc1ccccc1. The van der Waals surface area contributed by atoms with Gasteiger partial charge in [-0.2, -0.15) is 11.8 Å². The lowest BCUT2D eigenvalue weighted by atomic mass is 10.2. The first-order valence-electron chi connectivity index (χ1n) is 7.64. The molecule has 0 aliphatic carbocycles. The summed E-state index contributed by atoms with van der Waals surface area (Å²) in [6.07, 6.45) is 4.08. The minimum atomic E-state index is 1.32. The molecule has 21 heavy (non-hydrogen) atoms. The van der Waals surface area contributed by atoms with Crippen molar-refractivity contribution in [3.63, 3.8) is 0 Å². The highest BCUT2D eigenvalue weighted by molar-refractivity contribution is 7.97. The standard InChI is InChI=1S/2C7H8.C2H6S.2C2H6/c2*1-7-5-3-2-4-6-7;1-3-2;2*1-2/h2*2-6H,1H3;1-2H3;2*1-2H3. The van der Waals surface area contributed by atoms with Gasteiger partial charge in [-0.25, -0.2) is 0 Å².